The van der Waals surface area contributed by atoms with E-state index in [1.54, 1.807) is 0 Å². The van der Waals surface area contributed by atoms with Crippen LogP contribution >= 0.6 is 11.6 Å². The molecule has 0 aromatic heterocycles. The van der Waals surface area contributed by atoms with Gasteiger partial charge in [0.1, 0.15) is 0 Å². The number of nitrogens with zero attached hydrogens (tertiary/aromatic N) is 1. The van der Waals surface area contributed by atoms with E-state index in [1.807, 2.05) is 0 Å². The molecule has 0 atom stereocenters. The number of rotatable bonds is 2. The predicted octanol–water partition coefficient (Wildman–Crippen LogP) is 3.03. The van der Waals surface area contributed by atoms with Crippen LogP contribution in [0.1, 0.15) is 13.8 Å². The highest BCUT2D eigenvalue weighted by molar-refractivity contribution is 6.35. The van der Waals surface area contributed by atoms with Crippen molar-refractivity contribution in [2.24, 2.45) is 5.16 Å². The molecule has 0 saturated heterocycles. The van der Waals surface area contributed by atoms with Crippen molar-refractivity contribution in [3.63, 3.8) is 0 Å². The molecule has 0 bridgehead atoms. The van der Waals surface area contributed by atoms with Gasteiger partial charge >= 0.3 is 23.2 Å². The topological polar surface area (TPSA) is 38.7 Å². The fraction of sp³-hybridized carbons (Fsp3) is 0.714. The maximum absolute atomic E-state index is 12.2. The molecule has 3 nitrogen and oxygen atoms in total. The van der Waals surface area contributed by atoms with Gasteiger partial charge in [0.15, 0.2) is 0 Å². The summed E-state index contributed by atoms with van der Waals surface area (Å²) >= 11 is 4.33. The lowest BCUT2D eigenvalue weighted by molar-refractivity contribution is -0.268. The predicted molar refractivity (Wildman–Crippen MR) is 45.6 cm³/mol. The molecule has 0 aromatic carbocycles. The number of alkyl halides is 7. The second-order valence-electron chi connectivity index (χ2n) is 3.07. The molecule has 100 valence electrons. The third-order valence-electron chi connectivity index (χ3n) is 1.37. The van der Waals surface area contributed by atoms with E-state index in [0.717, 1.165) is 0 Å². The van der Waals surface area contributed by atoms with Crippen LogP contribution in [0.3, 0.4) is 0 Å². The van der Waals surface area contributed by atoms with Gasteiger partial charge < -0.3 is 4.84 Å². The molecule has 0 unspecified atom stereocenters. The monoisotopic (exact) mass is 285 g/mol. The van der Waals surface area contributed by atoms with Crippen LogP contribution in [0.5, 0.6) is 0 Å². The van der Waals surface area contributed by atoms with Crippen LogP contribution in [-0.4, -0.2) is 28.9 Å². The van der Waals surface area contributed by atoms with Crippen molar-refractivity contribution in [1.29, 1.82) is 0 Å². The quantitative estimate of drug-likeness (QED) is 0.257. The first-order valence-corrected chi connectivity index (χ1v) is 4.27. The van der Waals surface area contributed by atoms with Crippen LogP contribution in [-0.2, 0) is 9.63 Å². The first kappa shape index (κ1) is 16.0. The number of carbonyl (C=O) groups excluding carboxylic acids is 1. The maximum atomic E-state index is 12.2. The highest BCUT2D eigenvalue weighted by atomic mass is 35.5. The third-order valence-corrected chi connectivity index (χ3v) is 1.96. The van der Waals surface area contributed by atoms with E-state index >= 15 is 0 Å². The average molecular weight is 286 g/mol. The van der Waals surface area contributed by atoms with Crippen molar-refractivity contribution in [1.82, 2.24) is 0 Å². The van der Waals surface area contributed by atoms with Crippen LogP contribution in [0.15, 0.2) is 5.16 Å². The van der Waals surface area contributed by atoms with Crippen LogP contribution in [0.4, 0.5) is 26.3 Å². The minimum Gasteiger partial charge on any atom is -0.316 e. The standard InChI is InChI=1S/C7H6ClF6NO2/c1-3(2)15-17-4(16)5(8,6(9,10)11)7(12,13)14/h1-2H3. The average Bonchev–Trinajstić information content (AvgIpc) is 2.08. The van der Waals surface area contributed by atoms with Crippen molar-refractivity contribution in [2.75, 3.05) is 0 Å². The second-order valence-corrected chi connectivity index (χ2v) is 3.64. The Kier molecular flexibility index (Phi) is 4.44. The molecule has 10 heteroatoms. The van der Waals surface area contributed by atoms with Crippen molar-refractivity contribution in [3.8, 4) is 0 Å². The molecule has 0 radical (unpaired) electrons. The summed E-state index contributed by atoms with van der Waals surface area (Å²) in [4.78, 5) is 9.13. The van der Waals surface area contributed by atoms with Crippen LogP contribution in [0.25, 0.3) is 0 Å². The molecule has 0 aliphatic carbocycles. The highest BCUT2D eigenvalue weighted by Gasteiger charge is 2.76. The van der Waals surface area contributed by atoms with Crippen LogP contribution in [0, 0.1) is 0 Å². The number of oxime groups is 1. The number of hydrogen-bond acceptors (Lipinski definition) is 3. The lowest BCUT2D eigenvalue weighted by Gasteiger charge is -2.27. The van der Waals surface area contributed by atoms with Crippen LogP contribution < -0.4 is 0 Å². The summed E-state index contributed by atoms with van der Waals surface area (Å²) in [6.07, 6.45) is -12.1. The zero-order valence-corrected chi connectivity index (χ0v) is 9.17. The van der Waals surface area contributed by atoms with Gasteiger partial charge in [0.2, 0.25) is 0 Å². The summed E-state index contributed by atoms with van der Waals surface area (Å²) in [6.45, 7) is 2.40. The van der Waals surface area contributed by atoms with Crippen molar-refractivity contribution in [2.45, 2.75) is 31.1 Å². The summed E-state index contributed by atoms with van der Waals surface area (Å²) in [5.41, 5.74) is -0.0540. The van der Waals surface area contributed by atoms with Gasteiger partial charge in [-0.3, -0.25) is 0 Å². The Hall–Kier alpha value is -0.990. The van der Waals surface area contributed by atoms with Gasteiger partial charge in [-0.15, -0.1) is 0 Å². The zero-order valence-electron chi connectivity index (χ0n) is 8.41. The molecule has 0 N–H and O–H groups in total. The normalized spacial score (nSPS) is 13.2. The van der Waals surface area contributed by atoms with Gasteiger partial charge in [0.25, 0.3) is 0 Å². The summed E-state index contributed by atoms with van der Waals surface area (Å²) < 4.78 is 73.0. The minimum atomic E-state index is -6.05. The Balaban J connectivity index is 5.38. The molecule has 0 aromatic rings. The fourth-order valence-electron chi connectivity index (χ4n) is 0.588. The van der Waals surface area contributed by atoms with E-state index in [9.17, 15) is 31.1 Å². The zero-order chi connectivity index (χ0) is 14.1. The summed E-state index contributed by atoms with van der Waals surface area (Å²) in [6, 6.07) is 0. The smallest absolute Gasteiger partial charge is 0.316 e. The molecule has 0 fully saturated rings. The molecular formula is C7H6ClF6NO2. The first-order chi connectivity index (χ1) is 7.34. The molecular weight excluding hydrogens is 280 g/mol. The molecule has 0 rings (SSSR count). The lowest BCUT2D eigenvalue weighted by Crippen LogP contribution is -2.58. The number of halogens is 7. The fourth-order valence-corrected chi connectivity index (χ4v) is 0.622. The van der Waals surface area contributed by atoms with Gasteiger partial charge in [-0.25, -0.2) is 4.79 Å². The van der Waals surface area contributed by atoms with E-state index < -0.39 is 23.2 Å². The highest BCUT2D eigenvalue weighted by Crippen LogP contribution is 2.48. The minimum absolute atomic E-state index is 0.0540. The number of carbonyl (C=O) groups is 1. The Morgan fingerprint density at radius 3 is 1.65 bits per heavy atom. The Labute approximate surface area is 96.3 Å². The van der Waals surface area contributed by atoms with Crippen molar-refractivity contribution in [3.05, 3.63) is 0 Å². The van der Waals surface area contributed by atoms with E-state index in [1.165, 1.54) is 13.8 Å². The molecule has 0 spiro atoms. The summed E-state index contributed by atoms with van der Waals surface area (Å²) in [7, 11) is 0. The third kappa shape index (κ3) is 3.24. The summed E-state index contributed by atoms with van der Waals surface area (Å²) in [5, 5.41) is 2.70. The van der Waals surface area contributed by atoms with Crippen molar-refractivity contribution < 1.29 is 36.0 Å². The Bertz CT molecular complexity index is 316. The van der Waals surface area contributed by atoms with Gasteiger partial charge in [0, 0.05) is 0 Å². The Morgan fingerprint density at radius 2 is 1.41 bits per heavy atom. The van der Waals surface area contributed by atoms with E-state index in [-0.39, 0.29) is 5.71 Å². The molecule has 17 heavy (non-hydrogen) atoms. The molecule has 0 saturated carbocycles. The van der Waals surface area contributed by atoms with Gasteiger partial charge in [-0.05, 0) is 13.8 Å². The van der Waals surface area contributed by atoms with E-state index in [4.69, 9.17) is 0 Å². The van der Waals surface area contributed by atoms with Crippen molar-refractivity contribution >= 4 is 23.3 Å². The van der Waals surface area contributed by atoms with E-state index in [0.29, 0.717) is 0 Å². The largest absolute Gasteiger partial charge is 0.427 e. The van der Waals surface area contributed by atoms with Gasteiger partial charge in [-0.2, -0.15) is 26.3 Å². The van der Waals surface area contributed by atoms with Crippen LogP contribution in [0.2, 0.25) is 0 Å². The maximum Gasteiger partial charge on any atom is 0.427 e. The van der Waals surface area contributed by atoms with Gasteiger partial charge in [0.05, 0.1) is 5.71 Å². The Morgan fingerprint density at radius 1 is 1.06 bits per heavy atom. The van der Waals surface area contributed by atoms with E-state index in [2.05, 4.69) is 21.6 Å². The lowest BCUT2D eigenvalue weighted by atomic mass is 10.1. The second kappa shape index (κ2) is 4.71. The molecule has 0 amide bonds. The van der Waals surface area contributed by atoms with Gasteiger partial charge in [-0.1, -0.05) is 16.8 Å². The molecule has 0 aliphatic heterocycles. The number of hydrogen-bond donors (Lipinski definition) is 0. The SMILES string of the molecule is CC(C)=NOC(=O)C(Cl)(C(F)(F)F)C(F)(F)F. The first-order valence-electron chi connectivity index (χ1n) is 3.89. The molecule has 0 aliphatic rings. The molecule has 0 heterocycles. The summed E-state index contributed by atoms with van der Waals surface area (Å²) in [5.74, 6) is -2.75.